The predicted octanol–water partition coefficient (Wildman–Crippen LogP) is 0.980. The fourth-order valence-corrected chi connectivity index (χ4v) is 2.68. The van der Waals surface area contributed by atoms with Gasteiger partial charge in [0.15, 0.2) is 0 Å². The number of carboxylic acid groups (broad SMARTS) is 1. The first-order valence-electron chi connectivity index (χ1n) is 8.66. The number of unbranched alkanes of at least 4 members (excludes halogenated alkanes) is 9. The van der Waals surface area contributed by atoms with Crippen molar-refractivity contribution in [3.63, 3.8) is 0 Å². The third-order valence-corrected chi connectivity index (χ3v) is 4.03. The van der Waals surface area contributed by atoms with Crippen molar-refractivity contribution < 1.29 is 44.6 Å². The van der Waals surface area contributed by atoms with Crippen molar-refractivity contribution in [1.29, 1.82) is 0 Å². The summed E-state index contributed by atoms with van der Waals surface area (Å²) in [5, 5.41) is 19.5. The van der Waals surface area contributed by atoms with Gasteiger partial charge >= 0.3 is 29.6 Å². The van der Waals surface area contributed by atoms with E-state index in [1.807, 2.05) is 12.1 Å². The molecule has 0 saturated heterocycles. The van der Waals surface area contributed by atoms with E-state index in [0.717, 1.165) is 25.7 Å². The maximum absolute atomic E-state index is 10.2. The summed E-state index contributed by atoms with van der Waals surface area (Å²) in [5.74, 6) is -0.587. The second-order valence-electron chi connectivity index (χ2n) is 6.07. The van der Waals surface area contributed by atoms with Crippen LogP contribution in [-0.4, -0.2) is 11.1 Å². The second kappa shape index (κ2) is 15.0. The molecule has 0 spiro atoms. The van der Waals surface area contributed by atoms with Crippen molar-refractivity contribution in [3.05, 3.63) is 29.8 Å². The van der Waals surface area contributed by atoms with Crippen LogP contribution in [-0.2, 0) is 11.2 Å². The van der Waals surface area contributed by atoms with Crippen LogP contribution in [0.25, 0.3) is 0 Å². The number of phenolic OH excluding ortho intramolecular Hbond substituents is 1. The molecule has 0 heterocycles. The van der Waals surface area contributed by atoms with Gasteiger partial charge in [-0.1, -0.05) is 63.5 Å². The molecule has 23 heavy (non-hydrogen) atoms. The van der Waals surface area contributed by atoms with Gasteiger partial charge in [-0.15, -0.1) is 0 Å². The largest absolute Gasteiger partial charge is 1.00 e. The molecule has 4 heteroatoms. The zero-order chi connectivity index (χ0) is 16.0. The molecule has 0 saturated carbocycles. The molecule has 1 rings (SSSR count). The van der Waals surface area contributed by atoms with Crippen molar-refractivity contribution in [3.8, 4) is 5.75 Å². The standard InChI is InChI=1S/C19H30O3.Na/c20-18-15-13-17(14-16-18)11-9-7-5-3-1-2-4-6-8-10-12-19(21)22;/h13-16,20H,1-12H2,(H,21,22);/q;+1/p-1. The minimum Gasteiger partial charge on any atom is -0.550 e. The van der Waals surface area contributed by atoms with E-state index in [9.17, 15) is 15.0 Å². The maximum Gasteiger partial charge on any atom is 1.00 e. The van der Waals surface area contributed by atoms with Gasteiger partial charge in [0.1, 0.15) is 5.75 Å². The Morgan fingerprint density at radius 3 is 1.70 bits per heavy atom. The van der Waals surface area contributed by atoms with E-state index in [4.69, 9.17) is 0 Å². The Labute approximate surface area is 162 Å². The van der Waals surface area contributed by atoms with E-state index in [0.29, 0.717) is 5.75 Å². The molecule has 0 amide bonds. The number of hydrogen-bond acceptors (Lipinski definition) is 3. The van der Waals surface area contributed by atoms with Gasteiger partial charge in [-0.25, -0.2) is 0 Å². The first kappa shape index (κ1) is 22.5. The van der Waals surface area contributed by atoms with Crippen LogP contribution in [0.1, 0.15) is 76.2 Å². The number of benzene rings is 1. The predicted molar refractivity (Wildman–Crippen MR) is 87.6 cm³/mol. The number of carbonyl (C=O) groups is 1. The summed E-state index contributed by atoms with van der Waals surface area (Å²) >= 11 is 0. The molecule has 0 bridgehead atoms. The third-order valence-electron chi connectivity index (χ3n) is 4.03. The number of hydrogen-bond donors (Lipinski definition) is 1. The minimum atomic E-state index is -0.924. The van der Waals surface area contributed by atoms with Crippen LogP contribution < -0.4 is 34.7 Å². The summed E-state index contributed by atoms with van der Waals surface area (Å²) in [6, 6.07) is 7.50. The number of rotatable bonds is 13. The van der Waals surface area contributed by atoms with Crippen LogP contribution in [0.2, 0.25) is 0 Å². The Hall–Kier alpha value is -0.510. The van der Waals surface area contributed by atoms with Crippen molar-refractivity contribution in [2.24, 2.45) is 0 Å². The molecule has 0 fully saturated rings. The number of aliphatic carboxylic acids is 1. The van der Waals surface area contributed by atoms with Gasteiger partial charge in [-0.05, 0) is 43.4 Å². The van der Waals surface area contributed by atoms with Gasteiger partial charge in [-0.3, -0.25) is 0 Å². The van der Waals surface area contributed by atoms with Crippen LogP contribution in [0.4, 0.5) is 0 Å². The number of carbonyl (C=O) groups excluding carboxylic acids is 1. The van der Waals surface area contributed by atoms with Gasteiger partial charge < -0.3 is 15.0 Å². The molecule has 0 aromatic heterocycles. The van der Waals surface area contributed by atoms with Crippen molar-refractivity contribution in [2.45, 2.75) is 77.0 Å². The quantitative estimate of drug-likeness (QED) is 0.434. The van der Waals surface area contributed by atoms with E-state index in [1.165, 1.54) is 50.5 Å². The molecule has 0 aliphatic rings. The molecule has 0 unspecified atom stereocenters. The molecule has 1 aromatic carbocycles. The molecular formula is C19H29NaO3. The maximum atomic E-state index is 10.2. The van der Waals surface area contributed by atoms with Gasteiger partial charge in [0.25, 0.3) is 0 Å². The normalized spacial score (nSPS) is 10.3. The fraction of sp³-hybridized carbons (Fsp3) is 0.632. The van der Waals surface area contributed by atoms with E-state index >= 15 is 0 Å². The van der Waals surface area contributed by atoms with Gasteiger partial charge in [0.2, 0.25) is 0 Å². The van der Waals surface area contributed by atoms with Gasteiger partial charge in [0.05, 0.1) is 0 Å². The Bertz CT molecular complexity index is 404. The number of phenols is 1. The molecule has 124 valence electrons. The zero-order valence-electron chi connectivity index (χ0n) is 14.6. The molecule has 0 radical (unpaired) electrons. The van der Waals surface area contributed by atoms with E-state index in [1.54, 1.807) is 12.1 Å². The molecule has 1 aromatic rings. The summed E-state index contributed by atoms with van der Waals surface area (Å²) in [7, 11) is 0. The summed E-state index contributed by atoms with van der Waals surface area (Å²) in [5.41, 5.74) is 1.30. The Kier molecular flexibility index (Phi) is 14.7. The number of carboxylic acids is 1. The first-order valence-corrected chi connectivity index (χ1v) is 8.66. The van der Waals surface area contributed by atoms with Crippen molar-refractivity contribution >= 4 is 5.97 Å². The first-order chi connectivity index (χ1) is 10.7. The third kappa shape index (κ3) is 13.6. The van der Waals surface area contributed by atoms with Crippen LogP contribution in [0.3, 0.4) is 0 Å². The molecule has 3 nitrogen and oxygen atoms in total. The van der Waals surface area contributed by atoms with Crippen LogP contribution in [0, 0.1) is 0 Å². The van der Waals surface area contributed by atoms with Crippen LogP contribution in [0.5, 0.6) is 5.75 Å². The van der Waals surface area contributed by atoms with Crippen LogP contribution in [0.15, 0.2) is 24.3 Å². The van der Waals surface area contributed by atoms with Gasteiger partial charge in [-0.2, -0.15) is 0 Å². The zero-order valence-corrected chi connectivity index (χ0v) is 16.6. The van der Waals surface area contributed by atoms with E-state index in [2.05, 4.69) is 0 Å². The number of aromatic hydroxyl groups is 1. The summed E-state index contributed by atoms with van der Waals surface area (Å²) < 4.78 is 0. The molecule has 1 N–H and O–H groups in total. The summed E-state index contributed by atoms with van der Waals surface area (Å²) in [4.78, 5) is 10.2. The topological polar surface area (TPSA) is 60.4 Å². The smallest absolute Gasteiger partial charge is 0.550 e. The summed E-state index contributed by atoms with van der Waals surface area (Å²) in [6.45, 7) is 0. The second-order valence-corrected chi connectivity index (χ2v) is 6.07. The van der Waals surface area contributed by atoms with Gasteiger partial charge in [0, 0.05) is 5.97 Å². The Balaban J connectivity index is 0.00000484. The SMILES string of the molecule is O=C([O-])CCCCCCCCCCCCc1ccc(O)cc1.[Na+]. The molecular weight excluding hydrogens is 299 g/mol. The monoisotopic (exact) mass is 328 g/mol. The minimum absolute atomic E-state index is 0. The van der Waals surface area contributed by atoms with Crippen molar-refractivity contribution in [1.82, 2.24) is 0 Å². The summed E-state index contributed by atoms with van der Waals surface area (Å²) in [6.07, 6.45) is 13.1. The number of aryl methyl sites for hydroxylation is 1. The van der Waals surface area contributed by atoms with Crippen molar-refractivity contribution in [2.75, 3.05) is 0 Å². The Morgan fingerprint density at radius 1 is 0.783 bits per heavy atom. The molecule has 0 aliphatic carbocycles. The average Bonchev–Trinajstić information content (AvgIpc) is 2.50. The molecule has 0 atom stereocenters. The Morgan fingerprint density at radius 2 is 1.22 bits per heavy atom. The van der Waals surface area contributed by atoms with E-state index < -0.39 is 5.97 Å². The molecule has 0 aliphatic heterocycles. The van der Waals surface area contributed by atoms with E-state index in [-0.39, 0.29) is 36.0 Å². The fourth-order valence-electron chi connectivity index (χ4n) is 2.68. The average molecular weight is 328 g/mol. The van der Waals surface area contributed by atoms with Crippen LogP contribution >= 0.6 is 0 Å².